The molecule has 0 bridgehead atoms. The molecule has 0 radical (unpaired) electrons. The van der Waals surface area contributed by atoms with Crippen LogP contribution in [0.25, 0.3) is 0 Å². The van der Waals surface area contributed by atoms with Crippen LogP contribution in [0.1, 0.15) is 55.5 Å². The first-order chi connectivity index (χ1) is 9.76. The van der Waals surface area contributed by atoms with Gasteiger partial charge in [0.25, 0.3) is 0 Å². The van der Waals surface area contributed by atoms with Crippen LogP contribution in [0.5, 0.6) is 5.75 Å². The Labute approximate surface area is 117 Å². The molecular weight excluding hydrogens is 256 g/mol. The number of hydrogen-bond donors (Lipinski definition) is 1. The van der Waals surface area contributed by atoms with Crippen molar-refractivity contribution in [3.05, 3.63) is 41.5 Å². The van der Waals surface area contributed by atoms with Crippen LogP contribution in [0.4, 0.5) is 0 Å². The first-order valence-electron chi connectivity index (χ1n) is 6.99. The Hall–Kier alpha value is -1.88. The van der Waals surface area contributed by atoms with Gasteiger partial charge in [-0.05, 0) is 37.0 Å². The molecule has 1 fully saturated rings. The molecule has 3 rings (SSSR count). The molecular formula is C15H18N2O3. The smallest absolute Gasteiger partial charge is 0.229 e. The summed E-state index contributed by atoms with van der Waals surface area (Å²) in [6, 6.07) is 7.43. The first-order valence-corrected chi connectivity index (χ1v) is 6.99. The summed E-state index contributed by atoms with van der Waals surface area (Å²) in [7, 11) is 0. The Morgan fingerprint density at radius 3 is 2.75 bits per heavy atom. The summed E-state index contributed by atoms with van der Waals surface area (Å²) >= 11 is 0. The fraction of sp³-hybridized carbons (Fsp3) is 0.467. The van der Waals surface area contributed by atoms with E-state index in [1.807, 2.05) is 31.2 Å². The normalized spacial score (nSPS) is 16.1. The third-order valence-electron chi connectivity index (χ3n) is 3.43. The molecule has 1 atom stereocenters. The van der Waals surface area contributed by atoms with Gasteiger partial charge in [-0.15, -0.1) is 0 Å². The molecule has 5 heteroatoms. The summed E-state index contributed by atoms with van der Waals surface area (Å²) in [5.74, 6) is 2.50. The van der Waals surface area contributed by atoms with Crippen molar-refractivity contribution >= 4 is 0 Å². The largest absolute Gasteiger partial charge is 0.485 e. The number of ether oxygens (including phenoxy) is 1. The van der Waals surface area contributed by atoms with Gasteiger partial charge in [-0.2, -0.15) is 4.98 Å². The van der Waals surface area contributed by atoms with E-state index in [1.54, 1.807) is 0 Å². The van der Waals surface area contributed by atoms with E-state index < -0.39 is 6.10 Å². The van der Waals surface area contributed by atoms with Gasteiger partial charge in [0.1, 0.15) is 5.75 Å². The number of nitrogens with zero attached hydrogens (tertiary/aromatic N) is 2. The summed E-state index contributed by atoms with van der Waals surface area (Å²) in [6.07, 6.45) is 2.57. The second kappa shape index (κ2) is 5.63. The Morgan fingerprint density at radius 1 is 1.35 bits per heavy atom. The second-order valence-corrected chi connectivity index (χ2v) is 5.10. The van der Waals surface area contributed by atoms with E-state index in [0.717, 1.165) is 30.0 Å². The molecule has 20 heavy (non-hydrogen) atoms. The van der Waals surface area contributed by atoms with Crippen LogP contribution in [-0.2, 0) is 6.61 Å². The number of benzene rings is 1. The molecule has 5 nitrogen and oxygen atoms in total. The molecule has 1 aliphatic rings. The number of hydrogen-bond acceptors (Lipinski definition) is 5. The molecule has 1 saturated carbocycles. The maximum atomic E-state index is 9.72. The number of aliphatic hydroxyl groups is 1. The molecule has 1 aromatic carbocycles. The Morgan fingerprint density at radius 2 is 2.10 bits per heavy atom. The van der Waals surface area contributed by atoms with Gasteiger partial charge in [-0.3, -0.25) is 0 Å². The molecule has 0 amide bonds. The lowest BCUT2D eigenvalue weighted by molar-refractivity contribution is 0.173. The van der Waals surface area contributed by atoms with Gasteiger partial charge in [0.2, 0.25) is 11.7 Å². The summed E-state index contributed by atoms with van der Waals surface area (Å²) in [5, 5.41) is 13.6. The zero-order valence-corrected chi connectivity index (χ0v) is 11.5. The molecule has 0 saturated heterocycles. The number of rotatable bonds is 6. The van der Waals surface area contributed by atoms with Crippen LogP contribution in [0, 0.1) is 0 Å². The summed E-state index contributed by atoms with van der Waals surface area (Å²) in [5.41, 5.74) is 0.899. The molecule has 0 unspecified atom stereocenters. The van der Waals surface area contributed by atoms with Gasteiger partial charge in [0.15, 0.2) is 6.61 Å². The zero-order valence-electron chi connectivity index (χ0n) is 11.5. The summed E-state index contributed by atoms with van der Waals surface area (Å²) in [6.45, 7) is 2.24. The fourth-order valence-electron chi connectivity index (χ4n) is 1.99. The maximum Gasteiger partial charge on any atom is 0.229 e. The predicted octanol–water partition coefficient (Wildman–Crippen LogP) is 2.97. The third-order valence-corrected chi connectivity index (χ3v) is 3.43. The minimum atomic E-state index is -0.414. The monoisotopic (exact) mass is 274 g/mol. The SMILES string of the molecule is CC[C@H](O)c1ccc(OCc2noc(C3CC3)n2)cc1. The lowest BCUT2D eigenvalue weighted by Crippen LogP contribution is -1.99. The van der Waals surface area contributed by atoms with Crippen LogP contribution >= 0.6 is 0 Å². The summed E-state index contributed by atoms with van der Waals surface area (Å²) in [4.78, 5) is 4.30. The highest BCUT2D eigenvalue weighted by Gasteiger charge is 2.29. The van der Waals surface area contributed by atoms with Gasteiger partial charge in [-0.25, -0.2) is 0 Å². The van der Waals surface area contributed by atoms with Crippen molar-refractivity contribution in [1.82, 2.24) is 10.1 Å². The molecule has 1 aliphatic carbocycles. The molecule has 1 N–H and O–H groups in total. The predicted molar refractivity (Wildman–Crippen MR) is 72.3 cm³/mol. The van der Waals surface area contributed by atoms with Gasteiger partial charge in [-0.1, -0.05) is 24.2 Å². The first kappa shape index (κ1) is 13.1. The van der Waals surface area contributed by atoms with E-state index in [1.165, 1.54) is 0 Å². The topological polar surface area (TPSA) is 68.4 Å². The van der Waals surface area contributed by atoms with Gasteiger partial charge in [0, 0.05) is 5.92 Å². The Bertz CT molecular complexity index is 561. The second-order valence-electron chi connectivity index (χ2n) is 5.10. The highest BCUT2D eigenvalue weighted by Crippen LogP contribution is 2.38. The van der Waals surface area contributed by atoms with Gasteiger partial charge < -0.3 is 14.4 Å². The molecule has 0 aliphatic heterocycles. The summed E-state index contributed by atoms with van der Waals surface area (Å²) < 4.78 is 10.8. The van der Waals surface area contributed by atoms with Crippen molar-refractivity contribution in [3.63, 3.8) is 0 Å². The van der Waals surface area contributed by atoms with Crippen LogP contribution in [0.3, 0.4) is 0 Å². The van der Waals surface area contributed by atoms with Crippen LogP contribution < -0.4 is 4.74 Å². The van der Waals surface area contributed by atoms with Gasteiger partial charge >= 0.3 is 0 Å². The van der Waals surface area contributed by atoms with Crippen molar-refractivity contribution in [2.75, 3.05) is 0 Å². The van der Waals surface area contributed by atoms with Crippen LogP contribution in [-0.4, -0.2) is 15.2 Å². The minimum absolute atomic E-state index is 0.298. The van der Waals surface area contributed by atoms with Crippen molar-refractivity contribution < 1.29 is 14.4 Å². The standard InChI is InChI=1S/C15H18N2O3/c1-2-13(18)10-5-7-12(8-6-10)19-9-14-16-15(20-17-14)11-3-4-11/h5-8,11,13,18H,2-4,9H2,1H3/t13-/m0/s1. The quantitative estimate of drug-likeness (QED) is 0.877. The van der Waals surface area contributed by atoms with Crippen LogP contribution in [0.15, 0.2) is 28.8 Å². The van der Waals surface area contributed by atoms with E-state index in [0.29, 0.717) is 24.8 Å². The van der Waals surface area contributed by atoms with E-state index in [-0.39, 0.29) is 0 Å². The average molecular weight is 274 g/mol. The van der Waals surface area contributed by atoms with Crippen molar-refractivity contribution in [2.45, 2.75) is 44.8 Å². The van der Waals surface area contributed by atoms with Crippen molar-refractivity contribution in [3.8, 4) is 5.75 Å². The number of aliphatic hydroxyl groups excluding tert-OH is 1. The fourth-order valence-corrected chi connectivity index (χ4v) is 1.99. The van der Waals surface area contributed by atoms with E-state index in [4.69, 9.17) is 9.26 Å². The van der Waals surface area contributed by atoms with E-state index in [9.17, 15) is 5.11 Å². The maximum absolute atomic E-state index is 9.72. The molecule has 0 spiro atoms. The Kier molecular flexibility index (Phi) is 3.69. The lowest BCUT2D eigenvalue weighted by atomic mass is 10.1. The molecule has 2 aromatic rings. The number of aromatic nitrogens is 2. The van der Waals surface area contributed by atoms with Crippen molar-refractivity contribution in [1.29, 1.82) is 0 Å². The van der Waals surface area contributed by atoms with Crippen LogP contribution in [0.2, 0.25) is 0 Å². The zero-order chi connectivity index (χ0) is 13.9. The average Bonchev–Trinajstić information content (AvgIpc) is 3.24. The van der Waals surface area contributed by atoms with E-state index in [2.05, 4.69) is 10.1 Å². The highest BCUT2D eigenvalue weighted by atomic mass is 16.5. The molecule has 1 aromatic heterocycles. The molecule has 106 valence electrons. The van der Waals surface area contributed by atoms with E-state index >= 15 is 0 Å². The third kappa shape index (κ3) is 2.99. The minimum Gasteiger partial charge on any atom is -0.485 e. The van der Waals surface area contributed by atoms with Crippen molar-refractivity contribution in [2.24, 2.45) is 0 Å². The lowest BCUT2D eigenvalue weighted by Gasteiger charge is -2.09. The highest BCUT2D eigenvalue weighted by molar-refractivity contribution is 5.28. The Balaban J connectivity index is 1.57. The van der Waals surface area contributed by atoms with Gasteiger partial charge in [0.05, 0.1) is 6.10 Å². The molecule has 1 heterocycles.